The maximum absolute atomic E-state index is 6.24. The molecule has 0 fully saturated rings. The van der Waals surface area contributed by atoms with Gasteiger partial charge in [0.15, 0.2) is 0 Å². The van der Waals surface area contributed by atoms with E-state index < -0.39 is 5.41 Å². The molecule has 4 heteroatoms. The van der Waals surface area contributed by atoms with Crippen LogP contribution in [-0.2, 0) is 5.41 Å². The minimum Gasteiger partial charge on any atom is -0.456 e. The molecule has 2 heterocycles. The van der Waals surface area contributed by atoms with Gasteiger partial charge in [-0.1, -0.05) is 97.1 Å². The van der Waals surface area contributed by atoms with Crippen molar-refractivity contribution in [2.75, 3.05) is 10.6 Å². The average molecular weight is 679 g/mol. The number of para-hydroxylation sites is 2. The molecule has 0 saturated carbocycles. The van der Waals surface area contributed by atoms with Crippen LogP contribution in [0.3, 0.4) is 0 Å². The molecule has 0 amide bonds. The van der Waals surface area contributed by atoms with E-state index in [2.05, 4.69) is 156 Å². The quantitative estimate of drug-likeness (QED) is 0.195. The van der Waals surface area contributed by atoms with Crippen LogP contribution in [0.25, 0.3) is 66.1 Å². The van der Waals surface area contributed by atoms with Gasteiger partial charge in [0.2, 0.25) is 0 Å². The lowest BCUT2D eigenvalue weighted by molar-refractivity contribution is 0.668. The summed E-state index contributed by atoms with van der Waals surface area (Å²) in [6.07, 6.45) is 0. The Kier molecular flexibility index (Phi) is 5.67. The Morgan fingerprint density at radius 2 is 0.679 bits per heavy atom. The first-order chi connectivity index (χ1) is 26.2. The lowest BCUT2D eigenvalue weighted by Gasteiger charge is -2.31. The molecule has 0 unspecified atom stereocenters. The molecule has 2 aromatic heterocycles. The van der Waals surface area contributed by atoms with E-state index in [0.717, 1.165) is 66.6 Å². The Balaban J connectivity index is 1.00. The Labute approximate surface area is 304 Å². The summed E-state index contributed by atoms with van der Waals surface area (Å²) in [6.45, 7) is 0. The third-order valence-corrected chi connectivity index (χ3v) is 11.4. The normalized spacial score (nSPS) is 13.4. The number of furan rings is 2. The van der Waals surface area contributed by atoms with Crippen molar-refractivity contribution in [2.45, 2.75) is 5.41 Å². The van der Waals surface area contributed by atoms with Gasteiger partial charge in [-0.3, -0.25) is 0 Å². The van der Waals surface area contributed by atoms with Crippen LogP contribution in [0, 0.1) is 0 Å². The number of nitrogens with one attached hydrogen (secondary N) is 2. The zero-order valence-electron chi connectivity index (χ0n) is 28.5. The van der Waals surface area contributed by atoms with Crippen molar-refractivity contribution in [3.8, 4) is 22.3 Å². The van der Waals surface area contributed by atoms with Crippen molar-refractivity contribution in [3.63, 3.8) is 0 Å². The lowest BCUT2D eigenvalue weighted by Crippen LogP contribution is -2.26. The van der Waals surface area contributed by atoms with Gasteiger partial charge in [-0.05, 0) is 105 Å². The molecular formula is C49H30N2O2. The van der Waals surface area contributed by atoms with Crippen LogP contribution < -0.4 is 10.6 Å². The topological polar surface area (TPSA) is 50.3 Å². The first kappa shape index (κ1) is 28.6. The van der Waals surface area contributed by atoms with Crippen molar-refractivity contribution in [2.24, 2.45) is 0 Å². The van der Waals surface area contributed by atoms with Gasteiger partial charge in [0.05, 0.1) is 5.41 Å². The Bertz CT molecular complexity index is 2930. The summed E-state index contributed by atoms with van der Waals surface area (Å²) in [6, 6.07) is 60.8. The molecule has 2 aliphatic rings. The smallest absolute Gasteiger partial charge is 0.137 e. The van der Waals surface area contributed by atoms with Gasteiger partial charge in [-0.25, -0.2) is 0 Å². The first-order valence-electron chi connectivity index (χ1n) is 18.1. The van der Waals surface area contributed by atoms with Crippen LogP contribution in [-0.4, -0.2) is 0 Å². The molecule has 1 spiro atoms. The number of rotatable bonds is 4. The van der Waals surface area contributed by atoms with E-state index in [1.54, 1.807) is 0 Å². The molecule has 0 saturated heterocycles. The molecule has 2 aliphatic carbocycles. The number of benzene rings is 8. The highest BCUT2D eigenvalue weighted by molar-refractivity contribution is 6.07. The van der Waals surface area contributed by atoms with E-state index in [0.29, 0.717) is 0 Å². The number of fused-ring (bicyclic) bond motifs is 16. The minimum absolute atomic E-state index is 0.487. The highest BCUT2D eigenvalue weighted by atomic mass is 16.3. The van der Waals surface area contributed by atoms with Gasteiger partial charge in [0.1, 0.15) is 22.3 Å². The molecule has 0 aliphatic heterocycles. The molecule has 10 aromatic rings. The van der Waals surface area contributed by atoms with Gasteiger partial charge < -0.3 is 19.5 Å². The van der Waals surface area contributed by atoms with Crippen molar-refractivity contribution in [3.05, 3.63) is 192 Å². The van der Waals surface area contributed by atoms with Crippen molar-refractivity contribution in [1.29, 1.82) is 0 Å². The number of hydrogen-bond donors (Lipinski definition) is 2. The second-order valence-electron chi connectivity index (χ2n) is 14.2. The first-order valence-corrected chi connectivity index (χ1v) is 18.1. The van der Waals surface area contributed by atoms with Gasteiger partial charge in [0, 0.05) is 56.4 Å². The summed E-state index contributed by atoms with van der Waals surface area (Å²) in [5, 5.41) is 12.0. The average Bonchev–Trinajstić information content (AvgIpc) is 3.92. The third-order valence-electron chi connectivity index (χ3n) is 11.4. The van der Waals surface area contributed by atoms with Crippen LogP contribution >= 0.6 is 0 Å². The Hall–Kier alpha value is -7.04. The van der Waals surface area contributed by atoms with E-state index in [1.807, 2.05) is 24.3 Å². The maximum atomic E-state index is 6.24. The fourth-order valence-corrected chi connectivity index (χ4v) is 9.24. The standard InChI is InChI=1S/C49H30N2O2/c1-5-13-41-33(9-1)35-21-17-29(50-31-19-23-39-37-11-3-7-15-45(37)52-47(39)27-31)25-43(35)49(41)42-14-6-2-10-34(42)36-22-18-30(26-44(36)49)51-32-20-24-40-38-12-4-8-16-46(38)53-48(40)28-32/h1-28,50-51H. The highest BCUT2D eigenvalue weighted by Gasteiger charge is 2.51. The monoisotopic (exact) mass is 678 g/mol. The number of anilines is 4. The molecule has 0 bridgehead atoms. The lowest BCUT2D eigenvalue weighted by atomic mass is 9.70. The van der Waals surface area contributed by atoms with Crippen LogP contribution in [0.1, 0.15) is 22.3 Å². The van der Waals surface area contributed by atoms with E-state index >= 15 is 0 Å². The third kappa shape index (κ3) is 3.95. The van der Waals surface area contributed by atoms with E-state index in [1.165, 1.54) is 44.5 Å². The molecule has 4 nitrogen and oxygen atoms in total. The fraction of sp³-hybridized carbons (Fsp3) is 0.0204. The second kappa shape index (κ2) is 10.5. The largest absolute Gasteiger partial charge is 0.456 e. The Morgan fingerprint density at radius 3 is 1.19 bits per heavy atom. The van der Waals surface area contributed by atoms with Gasteiger partial charge in [0.25, 0.3) is 0 Å². The predicted molar refractivity (Wildman–Crippen MR) is 217 cm³/mol. The SMILES string of the molecule is c1ccc2c(c1)-c1ccc(Nc3ccc4c(c3)oc3ccccc34)cc1C21c2ccccc2-c2ccc(Nc3ccc4c(c3)oc3ccccc34)cc21. The summed E-state index contributed by atoms with van der Waals surface area (Å²) in [5.74, 6) is 0. The van der Waals surface area contributed by atoms with E-state index in [4.69, 9.17) is 8.83 Å². The van der Waals surface area contributed by atoms with Gasteiger partial charge in [-0.15, -0.1) is 0 Å². The van der Waals surface area contributed by atoms with Gasteiger partial charge in [-0.2, -0.15) is 0 Å². The van der Waals surface area contributed by atoms with Crippen LogP contribution in [0.15, 0.2) is 179 Å². The molecular weight excluding hydrogens is 649 g/mol. The summed E-state index contributed by atoms with van der Waals surface area (Å²) in [7, 11) is 0. The van der Waals surface area contributed by atoms with E-state index in [9.17, 15) is 0 Å². The Morgan fingerprint density at radius 1 is 0.302 bits per heavy atom. The van der Waals surface area contributed by atoms with E-state index in [-0.39, 0.29) is 0 Å². The molecule has 0 radical (unpaired) electrons. The zero-order valence-corrected chi connectivity index (χ0v) is 28.5. The maximum Gasteiger partial charge on any atom is 0.137 e. The highest BCUT2D eigenvalue weighted by Crippen LogP contribution is 2.63. The summed E-state index contributed by atoms with van der Waals surface area (Å²) in [4.78, 5) is 0. The van der Waals surface area contributed by atoms with Crippen LogP contribution in [0.5, 0.6) is 0 Å². The van der Waals surface area contributed by atoms with Crippen molar-refractivity contribution >= 4 is 66.6 Å². The van der Waals surface area contributed by atoms with Crippen LogP contribution in [0.4, 0.5) is 22.7 Å². The molecule has 2 N–H and O–H groups in total. The van der Waals surface area contributed by atoms with Crippen molar-refractivity contribution < 1.29 is 8.83 Å². The van der Waals surface area contributed by atoms with Crippen molar-refractivity contribution in [1.82, 2.24) is 0 Å². The molecule has 53 heavy (non-hydrogen) atoms. The summed E-state index contributed by atoms with van der Waals surface area (Å²) in [5.41, 5.74) is 17.3. The summed E-state index contributed by atoms with van der Waals surface area (Å²) >= 11 is 0. The number of hydrogen-bond acceptors (Lipinski definition) is 4. The van der Waals surface area contributed by atoms with Crippen LogP contribution in [0.2, 0.25) is 0 Å². The second-order valence-corrected chi connectivity index (χ2v) is 14.2. The van der Waals surface area contributed by atoms with Gasteiger partial charge >= 0.3 is 0 Å². The molecule has 248 valence electrons. The molecule has 8 aromatic carbocycles. The predicted octanol–water partition coefficient (Wildman–Crippen LogP) is 13.3. The molecule has 0 atom stereocenters. The molecule has 12 rings (SSSR count). The zero-order chi connectivity index (χ0) is 34.7. The summed E-state index contributed by atoms with van der Waals surface area (Å²) < 4.78 is 12.5. The fourth-order valence-electron chi connectivity index (χ4n) is 9.24. The minimum atomic E-state index is -0.487.